The number of likely N-dealkylation sites (tertiary alicyclic amines) is 1. The van der Waals surface area contributed by atoms with E-state index in [0.717, 1.165) is 29.5 Å². The van der Waals surface area contributed by atoms with Crippen molar-refractivity contribution in [2.75, 3.05) is 6.54 Å². The number of benzene rings is 1. The zero-order valence-electron chi connectivity index (χ0n) is 13.2. The number of aryl methyl sites for hydroxylation is 1. The molecule has 0 saturated carbocycles. The molecule has 3 rings (SSSR count). The lowest BCUT2D eigenvalue weighted by Gasteiger charge is -2.25. The Bertz CT molecular complexity index is 749. The first kappa shape index (κ1) is 16.5. The van der Waals surface area contributed by atoms with Gasteiger partial charge in [0.15, 0.2) is 0 Å². The summed E-state index contributed by atoms with van der Waals surface area (Å²) < 4.78 is 27.5. The van der Waals surface area contributed by atoms with Gasteiger partial charge in [-0.15, -0.1) is 0 Å². The Morgan fingerprint density at radius 3 is 2.83 bits per heavy atom. The molecule has 0 spiro atoms. The maximum absolute atomic E-state index is 14.1. The first-order valence-electron chi connectivity index (χ1n) is 7.78. The van der Waals surface area contributed by atoms with Crippen molar-refractivity contribution in [1.82, 2.24) is 9.88 Å². The highest BCUT2D eigenvalue weighted by Crippen LogP contribution is 2.34. The first-order valence-corrected chi connectivity index (χ1v) is 7.78. The van der Waals surface area contributed by atoms with E-state index in [1.54, 1.807) is 6.20 Å². The van der Waals surface area contributed by atoms with E-state index in [0.29, 0.717) is 0 Å². The van der Waals surface area contributed by atoms with E-state index in [9.17, 15) is 18.7 Å². The summed E-state index contributed by atoms with van der Waals surface area (Å²) >= 11 is 0. The highest BCUT2D eigenvalue weighted by atomic mass is 19.1. The lowest BCUT2D eigenvalue weighted by molar-refractivity contribution is -0.131. The minimum atomic E-state index is -0.752. The normalized spacial score (nSPS) is 20.4. The van der Waals surface area contributed by atoms with Crippen molar-refractivity contribution >= 4 is 5.91 Å². The Balaban J connectivity index is 1.83. The second kappa shape index (κ2) is 6.65. The van der Waals surface area contributed by atoms with Crippen molar-refractivity contribution in [3.8, 4) is 0 Å². The van der Waals surface area contributed by atoms with Crippen molar-refractivity contribution in [1.29, 1.82) is 0 Å². The summed E-state index contributed by atoms with van der Waals surface area (Å²) in [5.41, 5.74) is 1.69. The van der Waals surface area contributed by atoms with Gasteiger partial charge in [0, 0.05) is 24.0 Å². The highest BCUT2D eigenvalue weighted by Gasteiger charge is 2.36. The minimum Gasteiger partial charge on any atom is -0.391 e. The van der Waals surface area contributed by atoms with Crippen LogP contribution in [0.2, 0.25) is 0 Å². The summed E-state index contributed by atoms with van der Waals surface area (Å²) in [4.78, 5) is 18.2. The van der Waals surface area contributed by atoms with Gasteiger partial charge in [0.2, 0.25) is 5.91 Å². The number of amides is 1. The second-order valence-electron chi connectivity index (χ2n) is 6.10. The number of pyridine rings is 1. The maximum atomic E-state index is 14.1. The predicted octanol–water partition coefficient (Wildman–Crippen LogP) is 2.55. The molecule has 0 radical (unpaired) electrons. The molecule has 1 aliphatic heterocycles. The second-order valence-corrected chi connectivity index (χ2v) is 6.10. The topological polar surface area (TPSA) is 53.4 Å². The van der Waals surface area contributed by atoms with Gasteiger partial charge in [0.05, 0.1) is 18.6 Å². The monoisotopic (exact) mass is 332 g/mol. The summed E-state index contributed by atoms with van der Waals surface area (Å²) in [5, 5.41) is 9.92. The van der Waals surface area contributed by atoms with E-state index in [1.807, 2.05) is 19.1 Å². The summed E-state index contributed by atoms with van der Waals surface area (Å²) in [6, 6.07) is 6.12. The van der Waals surface area contributed by atoms with Gasteiger partial charge in [0.1, 0.15) is 11.6 Å². The number of aliphatic hydroxyl groups is 1. The van der Waals surface area contributed by atoms with E-state index in [2.05, 4.69) is 4.98 Å². The lowest BCUT2D eigenvalue weighted by Crippen LogP contribution is -2.33. The van der Waals surface area contributed by atoms with Gasteiger partial charge in [-0.25, -0.2) is 8.78 Å². The van der Waals surface area contributed by atoms with Gasteiger partial charge in [-0.3, -0.25) is 9.78 Å². The van der Waals surface area contributed by atoms with Crippen molar-refractivity contribution < 1.29 is 18.7 Å². The zero-order chi connectivity index (χ0) is 17.3. The van der Waals surface area contributed by atoms with Crippen LogP contribution >= 0.6 is 0 Å². The average Bonchev–Trinajstić information content (AvgIpc) is 2.94. The van der Waals surface area contributed by atoms with Gasteiger partial charge in [-0.05, 0) is 43.2 Å². The Labute approximate surface area is 138 Å². The third kappa shape index (κ3) is 3.43. The first-order chi connectivity index (χ1) is 11.4. The van der Waals surface area contributed by atoms with E-state index < -0.39 is 23.8 Å². The number of hydrogen-bond donors (Lipinski definition) is 1. The number of carbonyl (C=O) groups excluding carboxylic acids is 1. The molecule has 1 saturated heterocycles. The summed E-state index contributed by atoms with van der Waals surface area (Å²) in [7, 11) is 0. The standard InChI is InChI=1S/C18H18F2N2O2/c1-11-2-3-12(9-21-11)6-18(24)22-10-14(23)8-17(22)15-7-13(19)4-5-16(15)20/h2-5,7,9,14,17,23H,6,8,10H2,1H3/t14-,17+/m1/s1. The summed E-state index contributed by atoms with van der Waals surface area (Å²) in [6.07, 6.45) is 1.17. The van der Waals surface area contributed by atoms with Crippen LogP contribution in [0, 0.1) is 18.6 Å². The van der Waals surface area contributed by atoms with E-state index in [-0.39, 0.29) is 30.9 Å². The van der Waals surface area contributed by atoms with E-state index >= 15 is 0 Å². The van der Waals surface area contributed by atoms with Gasteiger partial charge in [-0.2, -0.15) is 0 Å². The Morgan fingerprint density at radius 2 is 2.12 bits per heavy atom. The number of halogens is 2. The molecule has 1 amide bonds. The van der Waals surface area contributed by atoms with Crippen LogP contribution in [0.4, 0.5) is 8.78 Å². The molecule has 2 heterocycles. The van der Waals surface area contributed by atoms with Crippen LogP contribution in [-0.4, -0.2) is 33.5 Å². The fourth-order valence-corrected chi connectivity index (χ4v) is 3.03. The molecule has 0 aliphatic carbocycles. The largest absolute Gasteiger partial charge is 0.391 e. The molecule has 0 unspecified atom stereocenters. The molecular formula is C18H18F2N2O2. The number of carbonyl (C=O) groups is 1. The molecule has 126 valence electrons. The zero-order valence-corrected chi connectivity index (χ0v) is 13.2. The smallest absolute Gasteiger partial charge is 0.227 e. The van der Waals surface area contributed by atoms with Crippen LogP contribution in [0.3, 0.4) is 0 Å². The molecule has 2 aromatic rings. The molecule has 6 heteroatoms. The Hall–Kier alpha value is -2.34. The molecule has 0 bridgehead atoms. The number of rotatable bonds is 3. The van der Waals surface area contributed by atoms with Crippen LogP contribution in [0.1, 0.15) is 29.3 Å². The molecular weight excluding hydrogens is 314 g/mol. The third-order valence-electron chi connectivity index (χ3n) is 4.24. The fourth-order valence-electron chi connectivity index (χ4n) is 3.03. The van der Waals surface area contributed by atoms with Gasteiger partial charge >= 0.3 is 0 Å². The van der Waals surface area contributed by atoms with Gasteiger partial charge in [-0.1, -0.05) is 6.07 Å². The highest BCUT2D eigenvalue weighted by molar-refractivity contribution is 5.79. The van der Waals surface area contributed by atoms with Crippen molar-refractivity contribution in [2.45, 2.75) is 31.9 Å². The molecule has 1 aromatic carbocycles. The molecule has 2 atom stereocenters. The number of aliphatic hydroxyl groups excluding tert-OH is 1. The van der Waals surface area contributed by atoms with Crippen LogP contribution in [0.5, 0.6) is 0 Å². The number of aromatic nitrogens is 1. The van der Waals surface area contributed by atoms with Gasteiger partial charge < -0.3 is 10.0 Å². The molecule has 1 aliphatic rings. The minimum absolute atomic E-state index is 0.0990. The quantitative estimate of drug-likeness (QED) is 0.940. The van der Waals surface area contributed by atoms with Crippen molar-refractivity contribution in [3.05, 3.63) is 65.0 Å². The number of hydrogen-bond acceptors (Lipinski definition) is 3. The molecule has 4 nitrogen and oxygen atoms in total. The summed E-state index contributed by atoms with van der Waals surface area (Å²) in [6.45, 7) is 1.96. The Kier molecular flexibility index (Phi) is 4.57. The van der Waals surface area contributed by atoms with Crippen molar-refractivity contribution in [2.24, 2.45) is 0 Å². The van der Waals surface area contributed by atoms with E-state index in [4.69, 9.17) is 0 Å². The fraction of sp³-hybridized carbons (Fsp3) is 0.333. The SMILES string of the molecule is Cc1ccc(CC(=O)N2C[C@H](O)C[C@H]2c2cc(F)ccc2F)cn1. The van der Waals surface area contributed by atoms with Crippen LogP contribution < -0.4 is 0 Å². The molecule has 1 N–H and O–H groups in total. The van der Waals surface area contributed by atoms with Crippen LogP contribution in [-0.2, 0) is 11.2 Å². The number of nitrogens with zero attached hydrogens (tertiary/aromatic N) is 2. The number of β-amino-alcohol motifs (C(OH)–C–C–N with tert-alkyl or cyclic N) is 1. The lowest BCUT2D eigenvalue weighted by atomic mass is 10.0. The molecule has 1 fully saturated rings. The predicted molar refractivity (Wildman–Crippen MR) is 84.1 cm³/mol. The van der Waals surface area contributed by atoms with Crippen molar-refractivity contribution in [3.63, 3.8) is 0 Å². The van der Waals surface area contributed by atoms with Crippen LogP contribution in [0.15, 0.2) is 36.5 Å². The maximum Gasteiger partial charge on any atom is 0.227 e. The Morgan fingerprint density at radius 1 is 1.33 bits per heavy atom. The van der Waals surface area contributed by atoms with E-state index in [1.165, 1.54) is 4.90 Å². The summed E-state index contributed by atoms with van der Waals surface area (Å²) in [5.74, 6) is -1.39. The van der Waals surface area contributed by atoms with Crippen LogP contribution in [0.25, 0.3) is 0 Å². The average molecular weight is 332 g/mol. The van der Waals surface area contributed by atoms with Gasteiger partial charge in [0.25, 0.3) is 0 Å². The molecule has 24 heavy (non-hydrogen) atoms. The third-order valence-corrected chi connectivity index (χ3v) is 4.24. The molecule has 1 aromatic heterocycles.